The number of hydrogen-bond donors (Lipinski definition) is 1. The number of carbonyl (C=O) groups is 1. The van der Waals surface area contributed by atoms with E-state index in [2.05, 4.69) is 19.8 Å². The summed E-state index contributed by atoms with van der Waals surface area (Å²) in [5.74, 6) is 1.97. The number of ether oxygens (including phenoxy) is 1. The summed E-state index contributed by atoms with van der Waals surface area (Å²) in [7, 11) is 0. The van der Waals surface area contributed by atoms with Crippen LogP contribution in [0.5, 0.6) is 5.75 Å². The van der Waals surface area contributed by atoms with Gasteiger partial charge in [0.15, 0.2) is 0 Å². The number of amides is 1. The van der Waals surface area contributed by atoms with Crippen LogP contribution in [0.3, 0.4) is 0 Å². The van der Waals surface area contributed by atoms with E-state index in [1.165, 1.54) is 0 Å². The molecule has 0 spiro atoms. The van der Waals surface area contributed by atoms with E-state index in [9.17, 15) is 4.79 Å². The third kappa shape index (κ3) is 2.78. The molecule has 2 aliphatic heterocycles. The van der Waals surface area contributed by atoms with Gasteiger partial charge in [-0.2, -0.15) is 0 Å². The summed E-state index contributed by atoms with van der Waals surface area (Å²) >= 11 is 0. The quantitative estimate of drug-likeness (QED) is 0.933. The summed E-state index contributed by atoms with van der Waals surface area (Å²) in [4.78, 5) is 19.3. The first-order chi connectivity index (χ1) is 11.7. The molecular weight excluding hydrogens is 304 g/mol. The average molecular weight is 326 g/mol. The Balaban J connectivity index is 1.43. The van der Waals surface area contributed by atoms with Gasteiger partial charge in [-0.3, -0.25) is 9.69 Å². The predicted octanol–water partition coefficient (Wildman–Crippen LogP) is 1.73. The third-order valence-corrected chi connectivity index (χ3v) is 4.98. The van der Waals surface area contributed by atoms with Crippen molar-refractivity contribution in [3.63, 3.8) is 0 Å². The van der Waals surface area contributed by atoms with E-state index in [0.717, 1.165) is 36.6 Å². The minimum absolute atomic E-state index is 0.0247. The lowest BCUT2D eigenvalue weighted by molar-refractivity contribution is -0.127. The average Bonchev–Trinajstić information content (AvgIpc) is 3.09. The van der Waals surface area contributed by atoms with Gasteiger partial charge in [-0.25, -0.2) is 4.98 Å². The molecule has 4 rings (SSSR count). The van der Waals surface area contributed by atoms with E-state index in [4.69, 9.17) is 4.74 Å². The first kappa shape index (κ1) is 15.2. The van der Waals surface area contributed by atoms with Gasteiger partial charge in [-0.15, -0.1) is 0 Å². The zero-order valence-corrected chi connectivity index (χ0v) is 13.8. The Bertz CT molecular complexity index is 742. The van der Waals surface area contributed by atoms with Crippen LogP contribution in [0.4, 0.5) is 0 Å². The molecule has 0 saturated carbocycles. The van der Waals surface area contributed by atoms with Crippen LogP contribution in [0.15, 0.2) is 36.7 Å². The number of carbonyl (C=O) groups excluding carboxylic acids is 1. The van der Waals surface area contributed by atoms with Gasteiger partial charge in [0, 0.05) is 37.5 Å². The van der Waals surface area contributed by atoms with Crippen LogP contribution in [0, 0.1) is 0 Å². The maximum atomic E-state index is 12.7. The van der Waals surface area contributed by atoms with Crippen LogP contribution < -0.4 is 10.1 Å². The van der Waals surface area contributed by atoms with E-state index < -0.39 is 0 Å². The smallest absolute Gasteiger partial charge is 0.237 e. The fourth-order valence-electron chi connectivity index (χ4n) is 3.47. The van der Waals surface area contributed by atoms with Crippen LogP contribution in [0.1, 0.15) is 30.8 Å². The molecule has 1 aromatic heterocycles. The fraction of sp³-hybridized carbons (Fsp3) is 0.444. The van der Waals surface area contributed by atoms with Crippen LogP contribution in [-0.2, 0) is 17.9 Å². The Morgan fingerprint density at radius 2 is 2.25 bits per heavy atom. The van der Waals surface area contributed by atoms with Gasteiger partial charge in [0.25, 0.3) is 0 Å². The number of nitrogens with one attached hydrogen (secondary N) is 1. The van der Waals surface area contributed by atoms with Crippen molar-refractivity contribution >= 4 is 5.91 Å². The largest absolute Gasteiger partial charge is 0.493 e. The molecule has 1 amide bonds. The van der Waals surface area contributed by atoms with Gasteiger partial charge < -0.3 is 14.6 Å². The molecule has 0 bridgehead atoms. The minimum atomic E-state index is -0.176. The Morgan fingerprint density at radius 1 is 1.38 bits per heavy atom. The topological polar surface area (TPSA) is 59.4 Å². The van der Waals surface area contributed by atoms with E-state index in [1.54, 1.807) is 0 Å². The lowest BCUT2D eigenvalue weighted by Crippen LogP contribution is -2.49. The van der Waals surface area contributed by atoms with E-state index >= 15 is 0 Å². The highest BCUT2D eigenvalue weighted by Gasteiger charge is 2.29. The van der Waals surface area contributed by atoms with Gasteiger partial charge >= 0.3 is 0 Å². The van der Waals surface area contributed by atoms with Gasteiger partial charge in [-0.1, -0.05) is 18.2 Å². The highest BCUT2D eigenvalue weighted by molar-refractivity contribution is 5.81. The molecule has 24 heavy (non-hydrogen) atoms. The van der Waals surface area contributed by atoms with E-state index in [0.29, 0.717) is 13.2 Å². The zero-order chi connectivity index (χ0) is 16.5. The first-order valence-electron chi connectivity index (χ1n) is 8.48. The second kappa shape index (κ2) is 6.28. The highest BCUT2D eigenvalue weighted by atomic mass is 16.5. The molecule has 0 aliphatic carbocycles. The first-order valence-corrected chi connectivity index (χ1v) is 8.48. The standard InChI is InChI=1S/C18H22N4O2/c1-13(22-10-9-21-8-7-19-17(21)12-22)18(23)20-15-6-11-24-16-5-3-2-4-14(15)16/h2-5,7-8,13,15H,6,9-12H2,1H3,(H,20,23). The predicted molar refractivity (Wildman–Crippen MR) is 89.5 cm³/mol. The number of aromatic nitrogens is 2. The van der Waals surface area contributed by atoms with Gasteiger partial charge in [0.1, 0.15) is 11.6 Å². The molecule has 0 fully saturated rings. The Labute approximate surface area is 141 Å². The second-order valence-electron chi connectivity index (χ2n) is 6.42. The SMILES string of the molecule is CC(C(=O)NC1CCOc2ccccc21)N1CCn2ccnc2C1. The summed E-state index contributed by atoms with van der Waals surface area (Å²) < 4.78 is 7.82. The minimum Gasteiger partial charge on any atom is -0.493 e. The van der Waals surface area contributed by atoms with Crippen molar-refractivity contribution in [3.8, 4) is 5.75 Å². The molecule has 2 unspecified atom stereocenters. The van der Waals surface area contributed by atoms with Gasteiger partial charge in [0.05, 0.1) is 25.2 Å². The highest BCUT2D eigenvalue weighted by Crippen LogP contribution is 2.31. The van der Waals surface area contributed by atoms with Gasteiger partial charge in [0.2, 0.25) is 5.91 Å². The summed E-state index contributed by atoms with van der Waals surface area (Å²) in [6.45, 7) is 5.07. The summed E-state index contributed by atoms with van der Waals surface area (Å²) in [6, 6.07) is 7.79. The Morgan fingerprint density at radius 3 is 3.17 bits per heavy atom. The molecule has 126 valence electrons. The molecule has 6 nitrogen and oxygen atoms in total. The third-order valence-electron chi connectivity index (χ3n) is 4.98. The maximum absolute atomic E-state index is 12.7. The maximum Gasteiger partial charge on any atom is 0.237 e. The Kier molecular flexibility index (Phi) is 3.98. The van der Waals surface area contributed by atoms with Crippen LogP contribution in [-0.4, -0.2) is 39.6 Å². The van der Waals surface area contributed by atoms with Crippen molar-refractivity contribution < 1.29 is 9.53 Å². The van der Waals surface area contributed by atoms with Crippen molar-refractivity contribution in [2.24, 2.45) is 0 Å². The van der Waals surface area contributed by atoms with Gasteiger partial charge in [-0.05, 0) is 13.0 Å². The molecule has 2 aromatic rings. The number of para-hydroxylation sites is 1. The molecule has 1 aromatic carbocycles. The summed E-state index contributed by atoms with van der Waals surface area (Å²) in [5, 5.41) is 3.20. The fourth-order valence-corrected chi connectivity index (χ4v) is 3.47. The molecule has 6 heteroatoms. The number of nitrogens with zero attached hydrogens (tertiary/aromatic N) is 3. The summed E-state index contributed by atoms with van der Waals surface area (Å²) in [5.41, 5.74) is 1.07. The van der Waals surface area contributed by atoms with E-state index in [-0.39, 0.29) is 18.0 Å². The van der Waals surface area contributed by atoms with Crippen molar-refractivity contribution in [1.82, 2.24) is 19.8 Å². The molecular formula is C18H22N4O2. The number of imidazole rings is 1. The number of benzene rings is 1. The van der Waals surface area contributed by atoms with Crippen LogP contribution in [0.2, 0.25) is 0 Å². The lowest BCUT2D eigenvalue weighted by Gasteiger charge is -2.33. The van der Waals surface area contributed by atoms with Crippen molar-refractivity contribution in [1.29, 1.82) is 0 Å². The zero-order valence-electron chi connectivity index (χ0n) is 13.8. The molecule has 2 atom stereocenters. The second-order valence-corrected chi connectivity index (χ2v) is 6.42. The molecule has 2 aliphatic rings. The number of rotatable bonds is 3. The normalized spacial score (nSPS) is 21.3. The molecule has 0 radical (unpaired) electrons. The molecule has 0 saturated heterocycles. The van der Waals surface area contributed by atoms with Crippen molar-refractivity contribution in [2.75, 3.05) is 13.2 Å². The monoisotopic (exact) mass is 326 g/mol. The summed E-state index contributed by atoms with van der Waals surface area (Å²) in [6.07, 6.45) is 4.62. The molecule has 3 heterocycles. The number of hydrogen-bond acceptors (Lipinski definition) is 4. The lowest BCUT2D eigenvalue weighted by atomic mass is 10.00. The number of fused-ring (bicyclic) bond motifs is 2. The van der Waals surface area contributed by atoms with Crippen LogP contribution in [0.25, 0.3) is 0 Å². The van der Waals surface area contributed by atoms with Crippen molar-refractivity contribution in [2.45, 2.75) is 38.5 Å². The molecule has 1 N–H and O–H groups in total. The van der Waals surface area contributed by atoms with E-state index in [1.807, 2.05) is 43.6 Å². The Hall–Kier alpha value is -2.34. The van der Waals surface area contributed by atoms with Crippen LogP contribution >= 0.6 is 0 Å². The van der Waals surface area contributed by atoms with Crippen molar-refractivity contribution in [3.05, 3.63) is 48.0 Å².